The molecule has 1 atom stereocenters. The Bertz CT molecular complexity index is 313. The van der Waals surface area contributed by atoms with Crippen molar-refractivity contribution >= 4 is 15.9 Å². The average molecular weight is 272 g/mol. The van der Waals surface area contributed by atoms with Gasteiger partial charge in [-0.2, -0.15) is 0 Å². The van der Waals surface area contributed by atoms with Crippen LogP contribution >= 0.6 is 15.9 Å². The lowest BCUT2D eigenvalue weighted by Gasteiger charge is -2.08. The Labute approximate surface area is 97.9 Å². The fraction of sp³-hybridized carbons (Fsp3) is 0.545. The van der Waals surface area contributed by atoms with Crippen molar-refractivity contribution in [2.75, 3.05) is 19.8 Å². The van der Waals surface area contributed by atoms with Crippen LogP contribution in [0.3, 0.4) is 0 Å². The third kappa shape index (κ3) is 3.55. The van der Waals surface area contributed by atoms with E-state index in [4.69, 9.17) is 9.47 Å². The smallest absolute Gasteiger partial charge is 0.0732 e. The van der Waals surface area contributed by atoms with Gasteiger partial charge in [0.1, 0.15) is 0 Å². The van der Waals surface area contributed by atoms with E-state index in [0.717, 1.165) is 36.3 Å². The average Bonchev–Trinajstić information content (AvgIpc) is 2.71. The molecule has 0 aromatic carbocycles. The molecule has 0 radical (unpaired) electrons. The summed E-state index contributed by atoms with van der Waals surface area (Å²) in [6.45, 7) is 3.14. The van der Waals surface area contributed by atoms with E-state index in [1.807, 2.05) is 12.3 Å². The Morgan fingerprint density at radius 2 is 2.47 bits per heavy atom. The van der Waals surface area contributed by atoms with Crippen LogP contribution in [0.4, 0.5) is 0 Å². The maximum atomic E-state index is 5.62. The molecule has 3 nitrogen and oxygen atoms in total. The predicted octanol–water partition coefficient (Wildman–Crippen LogP) is 2.40. The van der Waals surface area contributed by atoms with E-state index in [-0.39, 0.29) is 0 Å². The first kappa shape index (κ1) is 11.0. The Morgan fingerprint density at radius 1 is 1.53 bits per heavy atom. The van der Waals surface area contributed by atoms with Crippen LogP contribution in [0.2, 0.25) is 0 Å². The minimum Gasteiger partial charge on any atom is -0.381 e. The van der Waals surface area contributed by atoms with E-state index in [9.17, 15) is 0 Å². The Hall–Kier alpha value is -0.450. The van der Waals surface area contributed by atoms with Crippen LogP contribution in [0.5, 0.6) is 0 Å². The summed E-state index contributed by atoms with van der Waals surface area (Å²) in [7, 11) is 0. The SMILES string of the molecule is Brc1cncc(COCC2CCOC2)c1. The van der Waals surface area contributed by atoms with Gasteiger partial charge in [0.25, 0.3) is 0 Å². The minimum absolute atomic E-state index is 0.574. The van der Waals surface area contributed by atoms with Gasteiger partial charge in [-0.1, -0.05) is 0 Å². The zero-order chi connectivity index (χ0) is 10.5. The predicted molar refractivity (Wildman–Crippen MR) is 60.5 cm³/mol. The molecule has 0 bridgehead atoms. The molecular weight excluding hydrogens is 258 g/mol. The highest BCUT2D eigenvalue weighted by atomic mass is 79.9. The number of hydrogen-bond acceptors (Lipinski definition) is 3. The molecule has 1 fully saturated rings. The molecule has 1 saturated heterocycles. The molecule has 1 aliphatic heterocycles. The first-order chi connectivity index (χ1) is 7.34. The number of hydrogen-bond donors (Lipinski definition) is 0. The van der Waals surface area contributed by atoms with Gasteiger partial charge in [-0.05, 0) is 34.0 Å². The topological polar surface area (TPSA) is 31.4 Å². The molecule has 2 heterocycles. The van der Waals surface area contributed by atoms with Crippen molar-refractivity contribution in [3.05, 3.63) is 28.5 Å². The molecule has 0 saturated carbocycles. The highest BCUT2D eigenvalue weighted by molar-refractivity contribution is 9.10. The van der Waals surface area contributed by atoms with E-state index in [1.165, 1.54) is 0 Å². The fourth-order valence-electron chi connectivity index (χ4n) is 1.59. The molecule has 0 N–H and O–H groups in total. The van der Waals surface area contributed by atoms with Crippen molar-refractivity contribution in [1.29, 1.82) is 0 Å². The number of halogens is 1. The monoisotopic (exact) mass is 271 g/mol. The van der Waals surface area contributed by atoms with Crippen molar-refractivity contribution < 1.29 is 9.47 Å². The first-order valence-electron chi connectivity index (χ1n) is 5.09. The van der Waals surface area contributed by atoms with Gasteiger partial charge in [0.2, 0.25) is 0 Å². The van der Waals surface area contributed by atoms with E-state index < -0.39 is 0 Å². The summed E-state index contributed by atoms with van der Waals surface area (Å²) in [4.78, 5) is 4.08. The van der Waals surface area contributed by atoms with Crippen LogP contribution in [0.25, 0.3) is 0 Å². The zero-order valence-corrected chi connectivity index (χ0v) is 10.1. The number of aromatic nitrogens is 1. The molecule has 15 heavy (non-hydrogen) atoms. The Morgan fingerprint density at radius 3 is 3.20 bits per heavy atom. The van der Waals surface area contributed by atoms with Gasteiger partial charge in [0, 0.05) is 29.4 Å². The molecule has 1 aliphatic rings. The molecule has 1 aromatic heterocycles. The van der Waals surface area contributed by atoms with Crippen molar-refractivity contribution in [3.8, 4) is 0 Å². The van der Waals surface area contributed by atoms with Gasteiger partial charge in [-0.15, -0.1) is 0 Å². The van der Waals surface area contributed by atoms with Gasteiger partial charge >= 0.3 is 0 Å². The highest BCUT2D eigenvalue weighted by Gasteiger charge is 2.15. The molecular formula is C11H14BrNO2. The van der Waals surface area contributed by atoms with Crippen LogP contribution in [-0.4, -0.2) is 24.8 Å². The van der Waals surface area contributed by atoms with Crippen molar-refractivity contribution in [1.82, 2.24) is 4.98 Å². The van der Waals surface area contributed by atoms with E-state index in [0.29, 0.717) is 12.5 Å². The van der Waals surface area contributed by atoms with E-state index >= 15 is 0 Å². The fourth-order valence-corrected chi connectivity index (χ4v) is 2.01. The molecule has 4 heteroatoms. The normalized spacial score (nSPS) is 20.7. The van der Waals surface area contributed by atoms with E-state index in [1.54, 1.807) is 6.20 Å². The number of rotatable bonds is 4. The second-order valence-corrected chi connectivity index (χ2v) is 4.67. The number of nitrogens with zero attached hydrogens (tertiary/aromatic N) is 1. The lowest BCUT2D eigenvalue weighted by Crippen LogP contribution is -2.09. The largest absolute Gasteiger partial charge is 0.381 e. The van der Waals surface area contributed by atoms with Gasteiger partial charge in [0.05, 0.1) is 19.8 Å². The third-order valence-corrected chi connectivity index (χ3v) is 2.84. The van der Waals surface area contributed by atoms with Crippen LogP contribution in [0.15, 0.2) is 22.9 Å². The summed E-state index contributed by atoms with van der Waals surface area (Å²) >= 11 is 3.38. The van der Waals surface area contributed by atoms with Crippen molar-refractivity contribution in [2.45, 2.75) is 13.0 Å². The summed E-state index contributed by atoms with van der Waals surface area (Å²) in [5.74, 6) is 0.574. The summed E-state index contributed by atoms with van der Waals surface area (Å²) in [5.41, 5.74) is 1.10. The second kappa shape index (κ2) is 5.58. The quantitative estimate of drug-likeness (QED) is 0.843. The first-order valence-corrected chi connectivity index (χ1v) is 5.89. The maximum Gasteiger partial charge on any atom is 0.0732 e. The number of pyridine rings is 1. The molecule has 1 aromatic rings. The van der Waals surface area contributed by atoms with Gasteiger partial charge in [-0.3, -0.25) is 4.98 Å². The lowest BCUT2D eigenvalue weighted by molar-refractivity contribution is 0.0790. The highest BCUT2D eigenvalue weighted by Crippen LogP contribution is 2.14. The zero-order valence-electron chi connectivity index (χ0n) is 8.49. The summed E-state index contributed by atoms with van der Waals surface area (Å²) in [5, 5.41) is 0. The van der Waals surface area contributed by atoms with Crippen molar-refractivity contribution in [2.24, 2.45) is 5.92 Å². The third-order valence-electron chi connectivity index (χ3n) is 2.41. The van der Waals surface area contributed by atoms with Gasteiger partial charge in [0.15, 0.2) is 0 Å². The Balaban J connectivity index is 1.73. The van der Waals surface area contributed by atoms with Gasteiger partial charge in [-0.25, -0.2) is 0 Å². The molecule has 0 spiro atoms. The molecule has 0 amide bonds. The number of ether oxygens (including phenoxy) is 2. The van der Waals surface area contributed by atoms with E-state index in [2.05, 4.69) is 20.9 Å². The standard InChI is InChI=1S/C11H14BrNO2/c12-11-3-10(4-13-5-11)8-15-7-9-1-2-14-6-9/h3-5,9H,1-2,6-8H2. The maximum absolute atomic E-state index is 5.62. The minimum atomic E-state index is 0.574. The Kier molecular flexibility index (Phi) is 4.11. The van der Waals surface area contributed by atoms with Crippen LogP contribution in [0, 0.1) is 5.92 Å². The summed E-state index contributed by atoms with van der Waals surface area (Å²) in [6.07, 6.45) is 4.72. The molecule has 0 aliphatic carbocycles. The second-order valence-electron chi connectivity index (χ2n) is 3.76. The molecule has 1 unspecified atom stereocenters. The van der Waals surface area contributed by atoms with Crippen LogP contribution < -0.4 is 0 Å². The lowest BCUT2D eigenvalue weighted by atomic mass is 10.1. The molecule has 82 valence electrons. The molecule has 2 rings (SSSR count). The van der Waals surface area contributed by atoms with Crippen LogP contribution in [-0.2, 0) is 16.1 Å². The summed E-state index contributed by atoms with van der Waals surface area (Å²) < 4.78 is 11.9. The van der Waals surface area contributed by atoms with Crippen LogP contribution in [0.1, 0.15) is 12.0 Å². The summed E-state index contributed by atoms with van der Waals surface area (Å²) in [6, 6.07) is 2.03. The van der Waals surface area contributed by atoms with Gasteiger partial charge < -0.3 is 9.47 Å². The van der Waals surface area contributed by atoms with Crippen molar-refractivity contribution in [3.63, 3.8) is 0 Å².